The summed E-state index contributed by atoms with van der Waals surface area (Å²) >= 11 is 0. The van der Waals surface area contributed by atoms with Gasteiger partial charge in [0.1, 0.15) is 5.75 Å². The first-order valence-corrected chi connectivity index (χ1v) is 7.56. The fourth-order valence-corrected chi connectivity index (χ4v) is 3.79. The summed E-state index contributed by atoms with van der Waals surface area (Å²) in [6.07, 6.45) is 2.22. The summed E-state index contributed by atoms with van der Waals surface area (Å²) < 4.78 is 6.12. The summed E-state index contributed by atoms with van der Waals surface area (Å²) in [5, 5.41) is 0. The van der Waals surface area contributed by atoms with Gasteiger partial charge in [-0.3, -0.25) is 0 Å². The fraction of sp³-hybridized carbons (Fsp3) is 0.333. The van der Waals surface area contributed by atoms with Gasteiger partial charge in [-0.15, -0.1) is 0 Å². The first kappa shape index (κ1) is 12.7. The summed E-state index contributed by atoms with van der Waals surface area (Å²) in [6, 6.07) is 14.6. The third-order valence-corrected chi connectivity index (χ3v) is 5.02. The molecule has 2 heterocycles. The minimum Gasteiger partial charge on any atom is -0.455 e. The molecule has 0 aromatic heterocycles. The number of nitrogens with zero attached hydrogens (tertiary/aromatic N) is 1. The number of hydrogen-bond donors (Lipinski definition) is 1. The standard InChI is InChI=1S/C18H20N2O/c1-20-11-9-18(10-12-20)13-5-2-3-8-16(13)21-17-14(18)6-4-7-15(17)19/h2-8H,9-12,19H2,1H3. The van der Waals surface area contributed by atoms with Crippen molar-refractivity contribution < 1.29 is 4.74 Å². The smallest absolute Gasteiger partial charge is 0.154 e. The molecular weight excluding hydrogens is 260 g/mol. The Morgan fingerprint density at radius 1 is 1.00 bits per heavy atom. The van der Waals surface area contributed by atoms with Crippen LogP contribution in [0.3, 0.4) is 0 Å². The van der Waals surface area contributed by atoms with E-state index >= 15 is 0 Å². The average molecular weight is 280 g/mol. The number of fused-ring (bicyclic) bond motifs is 4. The molecule has 1 spiro atoms. The normalized spacial score (nSPS) is 19.7. The Labute approximate surface area is 125 Å². The summed E-state index contributed by atoms with van der Waals surface area (Å²) in [5.41, 5.74) is 9.54. The molecule has 4 rings (SSSR count). The number of piperidine rings is 1. The van der Waals surface area contributed by atoms with Crippen LogP contribution in [0.4, 0.5) is 5.69 Å². The molecule has 2 aliphatic heterocycles. The summed E-state index contributed by atoms with van der Waals surface area (Å²) in [5.74, 6) is 1.83. The van der Waals surface area contributed by atoms with Crippen LogP contribution < -0.4 is 10.5 Å². The largest absolute Gasteiger partial charge is 0.455 e. The van der Waals surface area contributed by atoms with Crippen molar-refractivity contribution in [3.8, 4) is 11.5 Å². The van der Waals surface area contributed by atoms with E-state index < -0.39 is 0 Å². The van der Waals surface area contributed by atoms with Gasteiger partial charge >= 0.3 is 0 Å². The predicted molar refractivity (Wildman–Crippen MR) is 84.9 cm³/mol. The molecule has 2 aliphatic rings. The third-order valence-electron chi connectivity index (χ3n) is 5.02. The van der Waals surface area contributed by atoms with Crippen LogP contribution in [0, 0.1) is 0 Å². The zero-order chi connectivity index (χ0) is 14.4. The summed E-state index contributed by atoms with van der Waals surface area (Å²) in [4.78, 5) is 2.40. The molecule has 2 N–H and O–H groups in total. The number of rotatable bonds is 0. The van der Waals surface area contributed by atoms with E-state index in [-0.39, 0.29) is 5.41 Å². The Kier molecular flexibility index (Phi) is 2.73. The first-order chi connectivity index (χ1) is 10.2. The van der Waals surface area contributed by atoms with Crippen molar-refractivity contribution >= 4 is 5.69 Å². The van der Waals surface area contributed by atoms with Gasteiger partial charge in [-0.2, -0.15) is 0 Å². The number of ether oxygens (including phenoxy) is 1. The molecule has 3 heteroatoms. The molecule has 0 amide bonds. The number of nitrogens with two attached hydrogens (primary N) is 1. The van der Waals surface area contributed by atoms with Crippen molar-refractivity contribution in [3.63, 3.8) is 0 Å². The zero-order valence-corrected chi connectivity index (χ0v) is 12.3. The monoisotopic (exact) mass is 280 g/mol. The lowest BCUT2D eigenvalue weighted by atomic mass is 9.66. The topological polar surface area (TPSA) is 38.5 Å². The molecular formula is C18H20N2O. The number of likely N-dealkylation sites (tertiary alicyclic amines) is 1. The molecule has 0 aliphatic carbocycles. The van der Waals surface area contributed by atoms with Crippen molar-refractivity contribution in [1.82, 2.24) is 4.90 Å². The van der Waals surface area contributed by atoms with Crippen molar-refractivity contribution in [3.05, 3.63) is 53.6 Å². The number of anilines is 1. The highest BCUT2D eigenvalue weighted by Gasteiger charge is 2.44. The van der Waals surface area contributed by atoms with Gasteiger partial charge in [-0.1, -0.05) is 30.3 Å². The lowest BCUT2D eigenvalue weighted by Crippen LogP contribution is -2.43. The van der Waals surface area contributed by atoms with Crippen LogP contribution in [-0.2, 0) is 5.41 Å². The molecule has 0 bridgehead atoms. The van der Waals surface area contributed by atoms with Crippen molar-refractivity contribution in [2.24, 2.45) is 0 Å². The van der Waals surface area contributed by atoms with Crippen LogP contribution in [0.1, 0.15) is 24.0 Å². The van der Waals surface area contributed by atoms with Crippen LogP contribution in [0.5, 0.6) is 11.5 Å². The first-order valence-electron chi connectivity index (χ1n) is 7.56. The molecule has 0 saturated carbocycles. The molecule has 1 fully saturated rings. The molecule has 108 valence electrons. The van der Waals surface area contributed by atoms with Crippen LogP contribution in [0.25, 0.3) is 0 Å². The van der Waals surface area contributed by atoms with Crippen molar-refractivity contribution in [1.29, 1.82) is 0 Å². The zero-order valence-electron chi connectivity index (χ0n) is 12.3. The van der Waals surface area contributed by atoms with Crippen LogP contribution in [0.2, 0.25) is 0 Å². The molecule has 1 saturated heterocycles. The number of benzene rings is 2. The van der Waals surface area contributed by atoms with E-state index in [2.05, 4.69) is 36.2 Å². The summed E-state index contributed by atoms with van der Waals surface area (Å²) in [7, 11) is 2.19. The highest BCUT2D eigenvalue weighted by Crippen LogP contribution is 2.54. The number of hydrogen-bond acceptors (Lipinski definition) is 3. The molecule has 0 radical (unpaired) electrons. The lowest BCUT2D eigenvalue weighted by Gasteiger charge is -2.45. The Balaban J connectivity index is 1.95. The second kappa shape index (κ2) is 4.50. The molecule has 0 atom stereocenters. The minimum absolute atomic E-state index is 0.0477. The van der Waals surface area contributed by atoms with Gasteiger partial charge in [-0.25, -0.2) is 0 Å². The average Bonchev–Trinajstić information content (AvgIpc) is 2.51. The van der Waals surface area contributed by atoms with Crippen molar-refractivity contribution in [2.45, 2.75) is 18.3 Å². The molecule has 0 unspecified atom stereocenters. The number of para-hydroxylation sites is 2. The highest BCUT2D eigenvalue weighted by atomic mass is 16.5. The quantitative estimate of drug-likeness (QED) is 0.752. The van der Waals surface area contributed by atoms with Gasteiger partial charge in [0.2, 0.25) is 0 Å². The van der Waals surface area contributed by atoms with Gasteiger partial charge < -0.3 is 15.4 Å². The maximum absolute atomic E-state index is 6.18. The van der Waals surface area contributed by atoms with Gasteiger partial charge in [0.05, 0.1) is 5.69 Å². The Morgan fingerprint density at radius 3 is 2.52 bits per heavy atom. The van der Waals surface area contributed by atoms with Gasteiger partial charge in [0.25, 0.3) is 0 Å². The van der Waals surface area contributed by atoms with Crippen LogP contribution >= 0.6 is 0 Å². The Bertz CT molecular complexity index is 687. The van der Waals surface area contributed by atoms with Crippen LogP contribution in [-0.4, -0.2) is 25.0 Å². The lowest BCUT2D eigenvalue weighted by molar-refractivity contribution is 0.202. The number of nitrogen functional groups attached to an aromatic ring is 1. The minimum atomic E-state index is 0.0477. The van der Waals surface area contributed by atoms with E-state index in [0.29, 0.717) is 0 Å². The van der Waals surface area contributed by atoms with E-state index in [1.54, 1.807) is 0 Å². The van der Waals surface area contributed by atoms with Crippen LogP contribution in [0.15, 0.2) is 42.5 Å². The second-order valence-electron chi connectivity index (χ2n) is 6.21. The van der Waals surface area contributed by atoms with Crippen molar-refractivity contribution in [2.75, 3.05) is 25.9 Å². The van der Waals surface area contributed by atoms with E-state index in [1.165, 1.54) is 11.1 Å². The van der Waals surface area contributed by atoms with E-state index in [1.807, 2.05) is 18.2 Å². The third kappa shape index (κ3) is 1.77. The maximum atomic E-state index is 6.18. The van der Waals surface area contributed by atoms with Gasteiger partial charge in [0, 0.05) is 16.5 Å². The Hall–Kier alpha value is -2.00. The molecule has 3 nitrogen and oxygen atoms in total. The molecule has 2 aromatic rings. The van der Waals surface area contributed by atoms with E-state index in [0.717, 1.165) is 43.1 Å². The molecule has 2 aromatic carbocycles. The molecule has 21 heavy (non-hydrogen) atoms. The SMILES string of the molecule is CN1CCC2(CC1)c1ccccc1Oc1c(N)cccc12. The van der Waals surface area contributed by atoms with E-state index in [9.17, 15) is 0 Å². The van der Waals surface area contributed by atoms with Gasteiger partial charge in [-0.05, 0) is 45.1 Å². The second-order valence-corrected chi connectivity index (χ2v) is 6.21. The Morgan fingerprint density at radius 2 is 1.71 bits per heavy atom. The van der Waals surface area contributed by atoms with E-state index in [4.69, 9.17) is 10.5 Å². The maximum Gasteiger partial charge on any atom is 0.154 e. The predicted octanol–water partition coefficient (Wildman–Crippen LogP) is 3.39. The summed E-state index contributed by atoms with van der Waals surface area (Å²) in [6.45, 7) is 2.20. The van der Waals surface area contributed by atoms with Gasteiger partial charge in [0.15, 0.2) is 5.75 Å². The fourth-order valence-electron chi connectivity index (χ4n) is 3.79. The highest BCUT2D eigenvalue weighted by molar-refractivity contribution is 5.66.